The average Bonchev–Trinajstić information content (AvgIpc) is 2.85. The first-order valence-corrected chi connectivity index (χ1v) is 11.8. The van der Waals surface area contributed by atoms with Gasteiger partial charge in [0, 0.05) is 41.8 Å². The molecule has 3 aromatic rings. The quantitative estimate of drug-likeness (QED) is 0.313. The van der Waals surface area contributed by atoms with Crippen LogP contribution in [-0.2, 0) is 33.3 Å². The van der Waals surface area contributed by atoms with Crippen LogP contribution in [0.1, 0.15) is 38.8 Å². The van der Waals surface area contributed by atoms with Gasteiger partial charge in [0.05, 0.1) is 0 Å². The Balaban J connectivity index is 2.18. The van der Waals surface area contributed by atoms with E-state index in [1.807, 2.05) is 0 Å². The maximum atomic E-state index is 13.3. The summed E-state index contributed by atoms with van der Waals surface area (Å²) in [6, 6.07) is 8.63. The highest BCUT2D eigenvalue weighted by Crippen LogP contribution is 2.30. The van der Waals surface area contributed by atoms with Crippen molar-refractivity contribution in [3.63, 3.8) is 0 Å². The number of aromatic nitrogens is 2. The lowest BCUT2D eigenvalue weighted by molar-refractivity contribution is -0.134. The minimum atomic E-state index is -0.647. The van der Waals surface area contributed by atoms with Crippen LogP contribution in [0.15, 0.2) is 46.0 Å². The van der Waals surface area contributed by atoms with Gasteiger partial charge in [-0.1, -0.05) is 12.1 Å². The summed E-state index contributed by atoms with van der Waals surface area (Å²) in [4.78, 5) is 72.4. The van der Waals surface area contributed by atoms with Gasteiger partial charge in [0.2, 0.25) is 0 Å². The SMILES string of the molecule is CC(=O)Oc1ccc(C=c2c(=O)n(C)c(=Cc3ccc(OC(C)=O)c(OC(C)=O)c3)c(=O)n2C)cc1OC(C)=O. The molecule has 0 fully saturated rings. The maximum Gasteiger partial charge on any atom is 0.308 e. The molecule has 3 rings (SSSR count). The van der Waals surface area contributed by atoms with E-state index in [-0.39, 0.29) is 33.7 Å². The first kappa shape index (κ1) is 29.3. The molecule has 0 unspecified atom stereocenters. The summed E-state index contributed by atoms with van der Waals surface area (Å²) in [5.41, 5.74) is -0.266. The van der Waals surface area contributed by atoms with E-state index in [2.05, 4.69) is 0 Å². The van der Waals surface area contributed by atoms with Gasteiger partial charge in [-0.25, -0.2) is 0 Å². The van der Waals surface area contributed by atoms with Crippen molar-refractivity contribution in [3.05, 3.63) is 78.9 Å². The van der Waals surface area contributed by atoms with Gasteiger partial charge in [-0.2, -0.15) is 0 Å². The van der Waals surface area contributed by atoms with Gasteiger partial charge in [-0.05, 0) is 47.5 Å². The lowest BCUT2D eigenvalue weighted by atomic mass is 10.1. The average molecular weight is 551 g/mol. The second-order valence-corrected chi connectivity index (χ2v) is 8.57. The summed E-state index contributed by atoms with van der Waals surface area (Å²) in [5.74, 6) is -2.58. The van der Waals surface area contributed by atoms with Crippen molar-refractivity contribution in [2.24, 2.45) is 14.1 Å². The van der Waals surface area contributed by atoms with E-state index in [0.717, 1.165) is 9.13 Å². The minimum absolute atomic E-state index is 0.0134. The van der Waals surface area contributed by atoms with E-state index in [4.69, 9.17) is 18.9 Å². The molecule has 0 amide bonds. The molecule has 12 nitrogen and oxygen atoms in total. The fourth-order valence-electron chi connectivity index (χ4n) is 3.66. The van der Waals surface area contributed by atoms with Crippen LogP contribution in [0.4, 0.5) is 0 Å². The van der Waals surface area contributed by atoms with Crippen molar-refractivity contribution < 1.29 is 38.1 Å². The van der Waals surface area contributed by atoms with Gasteiger partial charge in [0.25, 0.3) is 11.1 Å². The zero-order valence-corrected chi connectivity index (χ0v) is 22.6. The Labute approximate surface area is 227 Å². The molecule has 0 N–H and O–H groups in total. The normalized spacial score (nSPS) is 11.7. The molecule has 0 radical (unpaired) electrons. The zero-order chi connectivity index (χ0) is 29.7. The molecular formula is C28H26N2O10. The van der Waals surface area contributed by atoms with Crippen LogP contribution in [0.3, 0.4) is 0 Å². The largest absolute Gasteiger partial charge is 0.423 e. The van der Waals surface area contributed by atoms with Gasteiger partial charge in [-0.15, -0.1) is 0 Å². The second kappa shape index (κ2) is 12.1. The van der Waals surface area contributed by atoms with Crippen molar-refractivity contribution in [1.29, 1.82) is 0 Å². The molecule has 12 heteroatoms. The van der Waals surface area contributed by atoms with Crippen molar-refractivity contribution in [2.45, 2.75) is 27.7 Å². The van der Waals surface area contributed by atoms with Crippen LogP contribution in [0.2, 0.25) is 0 Å². The highest BCUT2D eigenvalue weighted by atomic mass is 16.6. The summed E-state index contributed by atoms with van der Waals surface area (Å²) < 4.78 is 22.7. The molecule has 2 aromatic carbocycles. The minimum Gasteiger partial charge on any atom is -0.423 e. The summed E-state index contributed by atoms with van der Waals surface area (Å²) in [7, 11) is 2.84. The lowest BCUT2D eigenvalue weighted by Gasteiger charge is -2.10. The molecule has 0 aliphatic heterocycles. The van der Waals surface area contributed by atoms with Crippen molar-refractivity contribution in [3.8, 4) is 23.0 Å². The van der Waals surface area contributed by atoms with Crippen LogP contribution in [0, 0.1) is 0 Å². The predicted molar refractivity (Wildman–Crippen MR) is 141 cm³/mol. The van der Waals surface area contributed by atoms with Crippen LogP contribution in [-0.4, -0.2) is 33.0 Å². The molecule has 40 heavy (non-hydrogen) atoms. The molecule has 0 bridgehead atoms. The molecule has 0 saturated heterocycles. The second-order valence-electron chi connectivity index (χ2n) is 8.57. The Bertz CT molecular complexity index is 1650. The number of carbonyl (C=O) groups excluding carboxylic acids is 4. The smallest absolute Gasteiger partial charge is 0.308 e. The summed E-state index contributed by atoms with van der Waals surface area (Å²) in [6.45, 7) is 4.76. The molecule has 208 valence electrons. The van der Waals surface area contributed by atoms with Crippen LogP contribution in [0.25, 0.3) is 12.2 Å². The topological polar surface area (TPSA) is 149 Å². The van der Waals surface area contributed by atoms with Crippen molar-refractivity contribution in [2.75, 3.05) is 0 Å². The Morgan fingerprint density at radius 3 is 1.15 bits per heavy atom. The summed E-state index contributed by atoms with van der Waals surface area (Å²) >= 11 is 0. The zero-order valence-electron chi connectivity index (χ0n) is 22.6. The van der Waals surface area contributed by atoms with Crippen molar-refractivity contribution >= 4 is 36.0 Å². The van der Waals surface area contributed by atoms with E-state index in [1.165, 1.54) is 90.3 Å². The summed E-state index contributed by atoms with van der Waals surface area (Å²) in [6.07, 6.45) is 2.84. The van der Waals surface area contributed by atoms with E-state index in [1.54, 1.807) is 0 Å². The number of nitrogens with zero attached hydrogens (tertiary/aromatic N) is 2. The molecule has 0 atom stereocenters. The van der Waals surface area contributed by atoms with E-state index >= 15 is 0 Å². The summed E-state index contributed by atoms with van der Waals surface area (Å²) in [5, 5.41) is 0.0361. The number of benzene rings is 2. The first-order chi connectivity index (χ1) is 18.8. The number of esters is 4. The number of rotatable bonds is 6. The van der Waals surface area contributed by atoms with E-state index in [0.29, 0.717) is 11.1 Å². The molecule has 0 aliphatic carbocycles. The highest BCUT2D eigenvalue weighted by molar-refractivity contribution is 5.75. The maximum absolute atomic E-state index is 13.3. The highest BCUT2D eigenvalue weighted by Gasteiger charge is 2.13. The van der Waals surface area contributed by atoms with Gasteiger partial charge in [-0.3, -0.25) is 28.8 Å². The molecule has 1 aromatic heterocycles. The van der Waals surface area contributed by atoms with Crippen LogP contribution in [0.5, 0.6) is 23.0 Å². The van der Waals surface area contributed by atoms with Gasteiger partial charge < -0.3 is 28.1 Å². The fraction of sp³-hybridized carbons (Fsp3) is 0.214. The Hall–Kier alpha value is -5.26. The molecular weight excluding hydrogens is 524 g/mol. The third-order valence-electron chi connectivity index (χ3n) is 5.33. The van der Waals surface area contributed by atoms with Crippen LogP contribution < -0.4 is 40.8 Å². The predicted octanol–water partition coefficient (Wildman–Crippen LogP) is 0.443. The number of carbonyl (C=O) groups is 4. The Morgan fingerprint density at radius 2 is 0.850 bits per heavy atom. The van der Waals surface area contributed by atoms with E-state index < -0.39 is 35.0 Å². The third kappa shape index (κ3) is 6.98. The lowest BCUT2D eigenvalue weighted by Crippen LogP contribution is -2.56. The first-order valence-electron chi connectivity index (χ1n) is 11.8. The molecule has 0 aliphatic rings. The standard InChI is InChI=1S/C28H26N2O10/c1-15(31)37-23-9-7-19(13-25(23)39-17(3)33)11-21-27(35)30(6)22(28(36)29(21)5)12-20-8-10-24(38-16(2)32)26(14-20)40-18(4)34/h7-14H,1-6H3. The number of hydrogen-bond donors (Lipinski definition) is 0. The number of hydrogen-bond acceptors (Lipinski definition) is 10. The monoisotopic (exact) mass is 550 g/mol. The Morgan fingerprint density at radius 1 is 0.550 bits per heavy atom. The van der Waals surface area contributed by atoms with Gasteiger partial charge in [0.1, 0.15) is 10.7 Å². The fourth-order valence-corrected chi connectivity index (χ4v) is 3.66. The Kier molecular flexibility index (Phi) is 8.84. The van der Waals surface area contributed by atoms with Crippen molar-refractivity contribution in [1.82, 2.24) is 9.13 Å². The molecule has 0 saturated carbocycles. The van der Waals surface area contributed by atoms with Crippen LogP contribution >= 0.6 is 0 Å². The van der Waals surface area contributed by atoms with Gasteiger partial charge >= 0.3 is 23.9 Å². The third-order valence-corrected chi connectivity index (χ3v) is 5.33. The molecule has 0 spiro atoms. The molecule has 1 heterocycles. The number of ether oxygens (including phenoxy) is 4. The van der Waals surface area contributed by atoms with E-state index in [9.17, 15) is 28.8 Å². The van der Waals surface area contributed by atoms with Gasteiger partial charge in [0.15, 0.2) is 23.0 Å².